The van der Waals surface area contributed by atoms with Gasteiger partial charge in [0, 0.05) is 37.3 Å². The van der Waals surface area contributed by atoms with Gasteiger partial charge in [0.2, 0.25) is 5.91 Å². The number of fused-ring (bicyclic) bond motifs is 2. The first-order chi connectivity index (χ1) is 20.6. The first-order valence-electron chi connectivity index (χ1n) is 14.0. The number of benzene rings is 1. The Morgan fingerprint density at radius 1 is 1.14 bits per heavy atom. The Kier molecular flexibility index (Phi) is 7.03. The van der Waals surface area contributed by atoms with Crippen LogP contribution >= 0.6 is 0 Å². The third kappa shape index (κ3) is 4.65. The van der Waals surface area contributed by atoms with Crippen LogP contribution in [-0.4, -0.2) is 56.0 Å². The van der Waals surface area contributed by atoms with Crippen LogP contribution in [0.1, 0.15) is 37.9 Å². The number of carbonyl (C=O) groups is 1. The largest absolute Gasteiger partial charge is 0.464 e. The standard InChI is InChI=1S/C32H30F2N6O3/c1-6-24(41)38-12-13-39(19(5)16-38)30-21-15-23(34)27(25-22(33)8-7-20-10-14-43-29(20)25)36-31(21)40(32(42)37-30)28-18(4)9-11-35-26(28)17(2)3/h6-11,14-15,17,19H,1,12-13,16H2,2-5H3/t19-/m0/s1. The van der Waals surface area contributed by atoms with E-state index in [0.29, 0.717) is 36.4 Å². The summed E-state index contributed by atoms with van der Waals surface area (Å²) in [6, 6.07) is 7.19. The first-order valence-corrected chi connectivity index (χ1v) is 14.0. The zero-order chi connectivity index (χ0) is 30.6. The van der Waals surface area contributed by atoms with Gasteiger partial charge in [0.15, 0.2) is 11.5 Å². The number of nitrogens with zero attached hydrogens (tertiary/aromatic N) is 6. The van der Waals surface area contributed by atoms with Crippen molar-refractivity contribution < 1.29 is 18.0 Å². The normalized spacial score (nSPS) is 15.6. The highest BCUT2D eigenvalue weighted by molar-refractivity contribution is 5.95. The van der Waals surface area contributed by atoms with E-state index in [1.807, 2.05) is 32.6 Å². The quantitative estimate of drug-likeness (QED) is 0.251. The van der Waals surface area contributed by atoms with E-state index in [2.05, 4.69) is 21.5 Å². The molecule has 0 unspecified atom stereocenters. The number of hydrogen-bond donors (Lipinski definition) is 0. The average molecular weight is 585 g/mol. The number of hydrogen-bond acceptors (Lipinski definition) is 7. The molecule has 11 heteroatoms. The molecule has 1 saturated heterocycles. The third-order valence-electron chi connectivity index (χ3n) is 7.92. The summed E-state index contributed by atoms with van der Waals surface area (Å²) in [7, 11) is 0. The molecule has 0 radical (unpaired) electrons. The van der Waals surface area contributed by atoms with Gasteiger partial charge in [0.1, 0.15) is 22.9 Å². The van der Waals surface area contributed by atoms with E-state index in [-0.39, 0.29) is 51.6 Å². The van der Waals surface area contributed by atoms with E-state index >= 15 is 8.78 Å². The molecule has 43 heavy (non-hydrogen) atoms. The Labute approximate surface area is 246 Å². The highest BCUT2D eigenvalue weighted by Crippen LogP contribution is 2.37. The lowest BCUT2D eigenvalue weighted by atomic mass is 10.0. The SMILES string of the molecule is C=CC(=O)N1CCN(c2nc(=O)n(-c3c(C)ccnc3C(C)C)c3nc(-c4c(F)ccc5ccoc45)c(F)cc23)[C@@H](C)C1. The van der Waals surface area contributed by atoms with Gasteiger partial charge < -0.3 is 14.2 Å². The van der Waals surface area contributed by atoms with Crippen molar-refractivity contribution in [3.63, 3.8) is 0 Å². The molecule has 1 aliphatic heterocycles. The van der Waals surface area contributed by atoms with E-state index in [4.69, 9.17) is 4.42 Å². The van der Waals surface area contributed by atoms with E-state index in [0.717, 1.165) is 5.56 Å². The molecular weight excluding hydrogens is 554 g/mol. The molecule has 0 bridgehead atoms. The van der Waals surface area contributed by atoms with Gasteiger partial charge in [-0.15, -0.1) is 0 Å². The number of furan rings is 1. The molecule has 0 N–H and O–H groups in total. The number of aryl methyl sites for hydroxylation is 1. The Balaban J connectivity index is 1.67. The third-order valence-corrected chi connectivity index (χ3v) is 7.92. The molecule has 0 aliphatic carbocycles. The van der Waals surface area contributed by atoms with Gasteiger partial charge in [-0.25, -0.2) is 23.1 Å². The number of pyridine rings is 2. The van der Waals surface area contributed by atoms with Crippen LogP contribution in [-0.2, 0) is 4.79 Å². The minimum absolute atomic E-state index is 0.0683. The fourth-order valence-electron chi connectivity index (χ4n) is 5.82. The summed E-state index contributed by atoms with van der Waals surface area (Å²) >= 11 is 0. The van der Waals surface area contributed by atoms with Crippen LogP contribution in [0, 0.1) is 18.6 Å². The number of anilines is 1. The number of carbonyl (C=O) groups excluding carboxylic acids is 1. The van der Waals surface area contributed by atoms with Crippen molar-refractivity contribution in [1.29, 1.82) is 0 Å². The van der Waals surface area contributed by atoms with Crippen LogP contribution < -0.4 is 10.6 Å². The monoisotopic (exact) mass is 584 g/mol. The minimum atomic E-state index is -0.802. The van der Waals surface area contributed by atoms with Crippen molar-refractivity contribution in [2.75, 3.05) is 24.5 Å². The molecule has 1 fully saturated rings. The summed E-state index contributed by atoms with van der Waals surface area (Å²) in [5, 5.41) is 0.845. The van der Waals surface area contributed by atoms with Gasteiger partial charge in [0.05, 0.1) is 28.6 Å². The van der Waals surface area contributed by atoms with Crippen molar-refractivity contribution in [2.24, 2.45) is 0 Å². The van der Waals surface area contributed by atoms with E-state index in [1.165, 1.54) is 29.0 Å². The molecule has 4 aromatic heterocycles. The maximum atomic E-state index is 16.1. The second-order valence-corrected chi connectivity index (χ2v) is 11.1. The van der Waals surface area contributed by atoms with Crippen LogP contribution in [0.4, 0.5) is 14.6 Å². The fourth-order valence-corrected chi connectivity index (χ4v) is 5.82. The van der Waals surface area contributed by atoms with Crippen molar-refractivity contribution in [3.05, 3.63) is 88.8 Å². The lowest BCUT2D eigenvalue weighted by Gasteiger charge is -2.40. The lowest BCUT2D eigenvalue weighted by molar-refractivity contribution is -0.126. The second-order valence-electron chi connectivity index (χ2n) is 11.1. The van der Waals surface area contributed by atoms with Crippen LogP contribution in [0.2, 0.25) is 0 Å². The van der Waals surface area contributed by atoms with Crippen molar-refractivity contribution in [2.45, 2.75) is 39.7 Å². The summed E-state index contributed by atoms with van der Waals surface area (Å²) in [6.07, 6.45) is 4.33. The molecule has 1 aliphatic rings. The number of amides is 1. The molecule has 0 spiro atoms. The Bertz CT molecular complexity index is 1980. The van der Waals surface area contributed by atoms with Crippen LogP contribution in [0.25, 0.3) is 38.9 Å². The van der Waals surface area contributed by atoms with Gasteiger partial charge in [-0.3, -0.25) is 9.78 Å². The smallest absolute Gasteiger partial charge is 0.355 e. The average Bonchev–Trinajstić information content (AvgIpc) is 3.46. The second kappa shape index (κ2) is 10.7. The molecule has 1 aromatic carbocycles. The van der Waals surface area contributed by atoms with Crippen molar-refractivity contribution in [3.8, 4) is 16.9 Å². The molecule has 6 rings (SSSR count). The van der Waals surface area contributed by atoms with Gasteiger partial charge in [-0.05, 0) is 61.7 Å². The summed E-state index contributed by atoms with van der Waals surface area (Å²) in [6.45, 7) is 12.3. The number of piperazine rings is 1. The summed E-state index contributed by atoms with van der Waals surface area (Å²) in [4.78, 5) is 43.5. The molecule has 5 heterocycles. The predicted octanol–water partition coefficient (Wildman–Crippen LogP) is 5.52. The zero-order valence-corrected chi connectivity index (χ0v) is 24.3. The molecule has 220 valence electrons. The molecule has 1 amide bonds. The molecule has 1 atom stereocenters. The van der Waals surface area contributed by atoms with E-state index in [9.17, 15) is 9.59 Å². The highest BCUT2D eigenvalue weighted by atomic mass is 19.1. The predicted molar refractivity (Wildman–Crippen MR) is 160 cm³/mol. The van der Waals surface area contributed by atoms with Crippen molar-refractivity contribution in [1.82, 2.24) is 24.4 Å². The van der Waals surface area contributed by atoms with Gasteiger partial charge in [-0.1, -0.05) is 20.4 Å². The maximum absolute atomic E-state index is 16.1. The maximum Gasteiger partial charge on any atom is 0.355 e. The number of rotatable bonds is 5. The topological polar surface area (TPSA) is 97.4 Å². The lowest BCUT2D eigenvalue weighted by Crippen LogP contribution is -2.54. The zero-order valence-electron chi connectivity index (χ0n) is 24.3. The molecule has 0 saturated carbocycles. The highest BCUT2D eigenvalue weighted by Gasteiger charge is 2.31. The molecule has 5 aromatic rings. The van der Waals surface area contributed by atoms with Gasteiger partial charge in [0.25, 0.3) is 0 Å². The Morgan fingerprint density at radius 2 is 1.93 bits per heavy atom. The fraction of sp³-hybridized carbons (Fsp3) is 0.281. The molecular formula is C32H30F2N6O3. The van der Waals surface area contributed by atoms with Gasteiger partial charge >= 0.3 is 5.69 Å². The molecule has 9 nitrogen and oxygen atoms in total. The number of halogens is 2. The summed E-state index contributed by atoms with van der Waals surface area (Å²) < 4.78 is 38.3. The first kappa shape index (κ1) is 28.2. The summed E-state index contributed by atoms with van der Waals surface area (Å²) in [5.74, 6) is -1.55. The van der Waals surface area contributed by atoms with Crippen LogP contribution in [0.5, 0.6) is 0 Å². The number of aromatic nitrogens is 4. The Hall–Kier alpha value is -4.93. The van der Waals surface area contributed by atoms with Crippen LogP contribution in [0.15, 0.2) is 64.7 Å². The van der Waals surface area contributed by atoms with E-state index < -0.39 is 17.3 Å². The van der Waals surface area contributed by atoms with Crippen molar-refractivity contribution >= 4 is 33.7 Å². The van der Waals surface area contributed by atoms with E-state index in [1.54, 1.807) is 29.3 Å². The van der Waals surface area contributed by atoms with Crippen LogP contribution in [0.3, 0.4) is 0 Å². The minimum Gasteiger partial charge on any atom is -0.464 e. The van der Waals surface area contributed by atoms with Gasteiger partial charge in [-0.2, -0.15) is 4.98 Å². The Morgan fingerprint density at radius 3 is 2.65 bits per heavy atom. The summed E-state index contributed by atoms with van der Waals surface area (Å²) in [5.41, 5.74) is 1.04.